The fourth-order valence-electron chi connectivity index (χ4n) is 4.16. The number of hydrogen-bond acceptors (Lipinski definition) is 4. The number of aromatic nitrogens is 1. The highest BCUT2D eigenvalue weighted by Crippen LogP contribution is 2.45. The molecule has 6 nitrogen and oxygen atoms in total. The van der Waals surface area contributed by atoms with E-state index in [1.54, 1.807) is 24.5 Å². The summed E-state index contributed by atoms with van der Waals surface area (Å²) in [7, 11) is 0. The van der Waals surface area contributed by atoms with Gasteiger partial charge in [-0.1, -0.05) is 6.92 Å². The fourth-order valence-corrected chi connectivity index (χ4v) is 4.16. The van der Waals surface area contributed by atoms with Crippen molar-refractivity contribution in [3.63, 3.8) is 0 Å². The molecule has 1 spiro atoms. The molecule has 2 aliphatic heterocycles. The monoisotopic (exact) mass is 343 g/mol. The van der Waals surface area contributed by atoms with Crippen molar-refractivity contribution in [3.05, 3.63) is 30.1 Å². The van der Waals surface area contributed by atoms with Gasteiger partial charge in [0.1, 0.15) is 5.60 Å². The highest BCUT2D eigenvalue weighted by Gasteiger charge is 2.56. The molecule has 25 heavy (non-hydrogen) atoms. The molecule has 3 aliphatic rings. The quantitative estimate of drug-likeness (QED) is 0.879. The highest BCUT2D eigenvalue weighted by molar-refractivity contribution is 5.93. The molecule has 134 valence electrons. The molecule has 3 atom stereocenters. The van der Waals surface area contributed by atoms with E-state index < -0.39 is 0 Å². The summed E-state index contributed by atoms with van der Waals surface area (Å²) >= 11 is 0. The van der Waals surface area contributed by atoms with Gasteiger partial charge in [0.25, 0.3) is 5.91 Å². The molecule has 0 aromatic carbocycles. The lowest BCUT2D eigenvalue weighted by Gasteiger charge is -2.50. The SMILES string of the molecule is C[C@@H]1C[C@@H]1C(=O)N1CC2(C1)OCC[C@@H]2CCNC(=O)c1cccnc1. The van der Waals surface area contributed by atoms with Gasteiger partial charge in [-0.15, -0.1) is 0 Å². The van der Waals surface area contributed by atoms with Gasteiger partial charge in [-0.25, -0.2) is 0 Å². The zero-order valence-electron chi connectivity index (χ0n) is 14.6. The Morgan fingerprint density at radius 1 is 1.44 bits per heavy atom. The van der Waals surface area contributed by atoms with Crippen molar-refractivity contribution in [1.82, 2.24) is 15.2 Å². The topological polar surface area (TPSA) is 71.5 Å². The van der Waals surface area contributed by atoms with Crippen LogP contribution in [0.25, 0.3) is 0 Å². The van der Waals surface area contributed by atoms with E-state index in [-0.39, 0.29) is 17.4 Å². The van der Waals surface area contributed by atoms with Crippen molar-refractivity contribution in [2.75, 3.05) is 26.2 Å². The van der Waals surface area contributed by atoms with Crippen molar-refractivity contribution in [1.29, 1.82) is 0 Å². The molecule has 2 saturated heterocycles. The molecular formula is C19H25N3O3. The number of likely N-dealkylation sites (tertiary alicyclic amines) is 1. The van der Waals surface area contributed by atoms with Crippen molar-refractivity contribution in [2.24, 2.45) is 17.8 Å². The molecule has 4 rings (SSSR count). The second kappa shape index (κ2) is 6.41. The minimum atomic E-state index is -0.174. The number of carbonyl (C=O) groups excluding carboxylic acids is 2. The lowest BCUT2D eigenvalue weighted by Crippen LogP contribution is -2.66. The molecule has 0 unspecified atom stereocenters. The van der Waals surface area contributed by atoms with Crippen molar-refractivity contribution >= 4 is 11.8 Å². The van der Waals surface area contributed by atoms with Crippen LogP contribution in [0, 0.1) is 17.8 Å². The Labute approximate surface area is 147 Å². The van der Waals surface area contributed by atoms with Crippen molar-refractivity contribution in [2.45, 2.75) is 31.8 Å². The minimum Gasteiger partial charge on any atom is -0.371 e. The van der Waals surface area contributed by atoms with Gasteiger partial charge in [0.15, 0.2) is 0 Å². The van der Waals surface area contributed by atoms with Crippen LogP contribution in [0.15, 0.2) is 24.5 Å². The normalized spacial score (nSPS) is 29.3. The largest absolute Gasteiger partial charge is 0.371 e. The van der Waals surface area contributed by atoms with E-state index in [2.05, 4.69) is 17.2 Å². The maximum absolute atomic E-state index is 12.3. The van der Waals surface area contributed by atoms with Crippen LogP contribution in [0.4, 0.5) is 0 Å². The third-order valence-corrected chi connectivity index (χ3v) is 5.96. The Kier molecular flexibility index (Phi) is 4.23. The number of ether oxygens (including phenoxy) is 1. The van der Waals surface area contributed by atoms with Crippen LogP contribution in [-0.2, 0) is 9.53 Å². The smallest absolute Gasteiger partial charge is 0.252 e. The van der Waals surface area contributed by atoms with Gasteiger partial charge in [0.2, 0.25) is 5.91 Å². The number of rotatable bonds is 5. The zero-order chi connectivity index (χ0) is 17.4. The average Bonchev–Trinajstić information content (AvgIpc) is 3.17. The van der Waals surface area contributed by atoms with Crippen molar-refractivity contribution < 1.29 is 14.3 Å². The Hall–Kier alpha value is -1.95. The van der Waals surface area contributed by atoms with Crippen LogP contribution >= 0.6 is 0 Å². The Morgan fingerprint density at radius 2 is 2.24 bits per heavy atom. The summed E-state index contributed by atoms with van der Waals surface area (Å²) in [6.45, 7) is 4.95. The predicted octanol–water partition coefficient (Wildman–Crippen LogP) is 1.47. The Bertz CT molecular complexity index is 657. The lowest BCUT2D eigenvalue weighted by molar-refractivity contribution is -0.166. The van der Waals surface area contributed by atoms with Crippen LogP contribution < -0.4 is 5.32 Å². The summed E-state index contributed by atoms with van der Waals surface area (Å²) in [6, 6.07) is 3.52. The molecule has 0 bridgehead atoms. The summed E-state index contributed by atoms with van der Waals surface area (Å²) in [5, 5.41) is 2.96. The van der Waals surface area contributed by atoms with Gasteiger partial charge < -0.3 is 15.0 Å². The summed E-state index contributed by atoms with van der Waals surface area (Å²) < 4.78 is 6.02. The third-order valence-electron chi connectivity index (χ3n) is 5.96. The fraction of sp³-hybridized carbons (Fsp3) is 0.632. The summed E-state index contributed by atoms with van der Waals surface area (Å²) in [5.74, 6) is 1.41. The molecule has 1 aromatic rings. The number of nitrogens with one attached hydrogen (secondary N) is 1. The first-order chi connectivity index (χ1) is 12.1. The first-order valence-corrected chi connectivity index (χ1v) is 9.20. The average molecular weight is 343 g/mol. The van der Waals surface area contributed by atoms with Gasteiger partial charge in [0.05, 0.1) is 18.7 Å². The molecular weight excluding hydrogens is 318 g/mol. The summed E-state index contributed by atoms with van der Waals surface area (Å²) in [4.78, 5) is 30.3. The summed E-state index contributed by atoms with van der Waals surface area (Å²) in [6.07, 6.45) is 6.15. The van der Waals surface area contributed by atoms with E-state index >= 15 is 0 Å². The molecule has 3 heterocycles. The second-order valence-electron chi connectivity index (χ2n) is 7.70. The first-order valence-electron chi connectivity index (χ1n) is 9.20. The molecule has 1 N–H and O–H groups in total. The Morgan fingerprint density at radius 3 is 2.92 bits per heavy atom. The number of hydrogen-bond donors (Lipinski definition) is 1. The van der Waals surface area contributed by atoms with Gasteiger partial charge in [-0.2, -0.15) is 0 Å². The van der Waals surface area contributed by atoms with Gasteiger partial charge in [0, 0.05) is 31.5 Å². The molecule has 2 amide bonds. The molecule has 0 radical (unpaired) electrons. The highest BCUT2D eigenvalue weighted by atomic mass is 16.5. The standard InChI is InChI=1S/C19H25N3O3/c1-13-9-16(13)18(24)22-11-19(12-22)15(5-8-25-19)4-7-21-17(23)14-3-2-6-20-10-14/h2-3,6,10,13,15-16H,4-5,7-9,11-12H2,1H3,(H,21,23)/t13-,15+,16+/m1/s1. The van der Waals surface area contributed by atoms with Crippen LogP contribution in [0.2, 0.25) is 0 Å². The van der Waals surface area contributed by atoms with Crippen LogP contribution in [0.3, 0.4) is 0 Å². The van der Waals surface area contributed by atoms with E-state index in [0.29, 0.717) is 29.9 Å². The molecule has 1 saturated carbocycles. The predicted molar refractivity (Wildman–Crippen MR) is 91.8 cm³/mol. The first kappa shape index (κ1) is 16.5. The van der Waals surface area contributed by atoms with Crippen molar-refractivity contribution in [3.8, 4) is 0 Å². The number of carbonyl (C=O) groups is 2. The van der Waals surface area contributed by atoms with Crippen LogP contribution in [-0.4, -0.2) is 53.5 Å². The number of pyridine rings is 1. The maximum Gasteiger partial charge on any atom is 0.252 e. The third kappa shape index (κ3) is 3.15. The molecule has 3 fully saturated rings. The van der Waals surface area contributed by atoms with Gasteiger partial charge in [-0.05, 0) is 43.2 Å². The van der Waals surface area contributed by atoms with Crippen LogP contribution in [0.5, 0.6) is 0 Å². The second-order valence-corrected chi connectivity index (χ2v) is 7.70. The number of amides is 2. The van der Waals surface area contributed by atoms with E-state index in [4.69, 9.17) is 4.74 Å². The van der Waals surface area contributed by atoms with E-state index in [0.717, 1.165) is 39.0 Å². The van der Waals surface area contributed by atoms with Gasteiger partial charge in [-0.3, -0.25) is 14.6 Å². The minimum absolute atomic E-state index is 0.0887. The lowest BCUT2D eigenvalue weighted by atomic mass is 9.78. The molecule has 1 aliphatic carbocycles. The van der Waals surface area contributed by atoms with E-state index in [9.17, 15) is 9.59 Å². The Balaban J connectivity index is 1.25. The summed E-state index contributed by atoms with van der Waals surface area (Å²) in [5.41, 5.74) is 0.408. The maximum atomic E-state index is 12.3. The molecule has 1 aromatic heterocycles. The van der Waals surface area contributed by atoms with E-state index in [1.807, 2.05) is 4.90 Å². The number of nitrogens with zero attached hydrogens (tertiary/aromatic N) is 2. The zero-order valence-corrected chi connectivity index (χ0v) is 14.6. The van der Waals surface area contributed by atoms with E-state index in [1.165, 1.54) is 0 Å². The van der Waals surface area contributed by atoms with Crippen LogP contribution in [0.1, 0.15) is 36.5 Å². The molecule has 6 heteroatoms. The van der Waals surface area contributed by atoms with Gasteiger partial charge >= 0.3 is 0 Å².